The lowest BCUT2D eigenvalue weighted by molar-refractivity contribution is 0.0639. The number of nitrogens with zero attached hydrogens (tertiary/aromatic N) is 2. The maximum absolute atomic E-state index is 12.2. The standard InChI is InChI=1S/C12H14N2O4/c15-7-8-3-2-6-14(8)11(16)10-9(12(17)18)4-1-5-13-10/h1,4-5,8,15H,2-3,6-7H2,(H,17,18). The monoisotopic (exact) mass is 250 g/mol. The topological polar surface area (TPSA) is 90.7 Å². The van der Waals surface area contributed by atoms with Gasteiger partial charge in [0, 0.05) is 12.7 Å². The van der Waals surface area contributed by atoms with Gasteiger partial charge in [-0.2, -0.15) is 0 Å². The molecular weight excluding hydrogens is 236 g/mol. The molecule has 0 aromatic carbocycles. The fraction of sp³-hybridized carbons (Fsp3) is 0.417. The molecule has 1 unspecified atom stereocenters. The Hall–Kier alpha value is -1.95. The third-order valence-electron chi connectivity index (χ3n) is 3.09. The summed E-state index contributed by atoms with van der Waals surface area (Å²) in [5.74, 6) is -1.60. The second kappa shape index (κ2) is 5.14. The maximum atomic E-state index is 12.2. The number of carboxylic acids is 1. The Balaban J connectivity index is 2.31. The molecule has 18 heavy (non-hydrogen) atoms. The molecule has 2 rings (SSSR count). The number of likely N-dealkylation sites (tertiary alicyclic amines) is 1. The van der Waals surface area contributed by atoms with Crippen molar-refractivity contribution in [2.75, 3.05) is 13.2 Å². The molecule has 0 bridgehead atoms. The van der Waals surface area contributed by atoms with Gasteiger partial charge in [0.15, 0.2) is 0 Å². The van der Waals surface area contributed by atoms with E-state index in [1.54, 1.807) is 0 Å². The van der Waals surface area contributed by atoms with Crippen LogP contribution in [0.4, 0.5) is 0 Å². The normalized spacial score (nSPS) is 18.9. The smallest absolute Gasteiger partial charge is 0.338 e. The van der Waals surface area contributed by atoms with Crippen molar-refractivity contribution in [2.24, 2.45) is 0 Å². The van der Waals surface area contributed by atoms with E-state index < -0.39 is 11.9 Å². The molecule has 1 fully saturated rings. The molecule has 6 nitrogen and oxygen atoms in total. The Kier molecular flexibility index (Phi) is 3.57. The largest absolute Gasteiger partial charge is 0.478 e. The lowest BCUT2D eigenvalue weighted by atomic mass is 10.1. The van der Waals surface area contributed by atoms with E-state index in [4.69, 9.17) is 5.11 Å². The lowest BCUT2D eigenvalue weighted by Crippen LogP contribution is -2.38. The number of pyridine rings is 1. The van der Waals surface area contributed by atoms with E-state index in [-0.39, 0.29) is 23.9 Å². The van der Waals surface area contributed by atoms with Gasteiger partial charge in [-0.05, 0) is 25.0 Å². The summed E-state index contributed by atoms with van der Waals surface area (Å²) >= 11 is 0. The van der Waals surface area contributed by atoms with Crippen LogP contribution in [-0.4, -0.2) is 51.2 Å². The van der Waals surface area contributed by atoms with Gasteiger partial charge in [-0.25, -0.2) is 4.79 Å². The van der Waals surface area contributed by atoms with Crippen LogP contribution in [0.1, 0.15) is 33.7 Å². The summed E-state index contributed by atoms with van der Waals surface area (Å²) in [5.41, 5.74) is -0.170. The highest BCUT2D eigenvalue weighted by Gasteiger charge is 2.31. The molecule has 2 N–H and O–H groups in total. The number of carboxylic acid groups (broad SMARTS) is 1. The zero-order valence-corrected chi connectivity index (χ0v) is 9.74. The summed E-state index contributed by atoms with van der Waals surface area (Å²) in [6.45, 7) is 0.417. The molecule has 0 radical (unpaired) electrons. The first-order valence-electron chi connectivity index (χ1n) is 5.75. The molecule has 1 saturated heterocycles. The number of rotatable bonds is 3. The van der Waals surface area contributed by atoms with Gasteiger partial charge in [0.2, 0.25) is 0 Å². The van der Waals surface area contributed by atoms with Gasteiger partial charge < -0.3 is 15.1 Å². The van der Waals surface area contributed by atoms with Crippen molar-refractivity contribution in [3.05, 3.63) is 29.6 Å². The van der Waals surface area contributed by atoms with Crippen LogP contribution in [0.15, 0.2) is 18.3 Å². The summed E-state index contributed by atoms with van der Waals surface area (Å²) in [5, 5.41) is 18.2. The quantitative estimate of drug-likeness (QED) is 0.809. The van der Waals surface area contributed by atoms with E-state index in [0.29, 0.717) is 6.54 Å². The molecular formula is C12H14N2O4. The van der Waals surface area contributed by atoms with Crippen LogP contribution in [0.25, 0.3) is 0 Å². The molecule has 0 spiro atoms. The highest BCUT2D eigenvalue weighted by molar-refractivity contribution is 6.03. The summed E-state index contributed by atoms with van der Waals surface area (Å²) in [7, 11) is 0. The first kappa shape index (κ1) is 12.5. The van der Waals surface area contributed by atoms with Crippen LogP contribution in [0.2, 0.25) is 0 Å². The van der Waals surface area contributed by atoms with Gasteiger partial charge in [0.1, 0.15) is 5.69 Å². The summed E-state index contributed by atoms with van der Waals surface area (Å²) in [6.07, 6.45) is 2.94. The van der Waals surface area contributed by atoms with Gasteiger partial charge in [-0.15, -0.1) is 0 Å². The zero-order valence-electron chi connectivity index (χ0n) is 9.74. The van der Waals surface area contributed by atoms with Crippen molar-refractivity contribution in [1.82, 2.24) is 9.88 Å². The fourth-order valence-corrected chi connectivity index (χ4v) is 2.18. The summed E-state index contributed by atoms with van der Waals surface area (Å²) in [4.78, 5) is 28.6. The number of amides is 1. The van der Waals surface area contributed by atoms with Crippen LogP contribution in [0.5, 0.6) is 0 Å². The first-order chi connectivity index (χ1) is 8.65. The Bertz CT molecular complexity index is 475. The number of hydrogen-bond donors (Lipinski definition) is 2. The third-order valence-corrected chi connectivity index (χ3v) is 3.09. The third kappa shape index (κ3) is 2.19. The Morgan fingerprint density at radius 1 is 1.50 bits per heavy atom. The van der Waals surface area contributed by atoms with Crippen LogP contribution in [-0.2, 0) is 0 Å². The van der Waals surface area contributed by atoms with Crippen LogP contribution >= 0.6 is 0 Å². The van der Waals surface area contributed by atoms with Gasteiger partial charge in [0.25, 0.3) is 5.91 Å². The molecule has 2 heterocycles. The van der Waals surface area contributed by atoms with Crippen molar-refractivity contribution in [3.8, 4) is 0 Å². The zero-order chi connectivity index (χ0) is 13.1. The molecule has 1 aliphatic heterocycles. The number of hydrogen-bond acceptors (Lipinski definition) is 4. The van der Waals surface area contributed by atoms with Gasteiger partial charge in [-0.1, -0.05) is 0 Å². The maximum Gasteiger partial charge on any atom is 0.338 e. The predicted molar refractivity (Wildman–Crippen MR) is 62.3 cm³/mol. The van der Waals surface area contributed by atoms with Crippen molar-refractivity contribution >= 4 is 11.9 Å². The van der Waals surface area contributed by atoms with E-state index >= 15 is 0 Å². The second-order valence-corrected chi connectivity index (χ2v) is 4.18. The van der Waals surface area contributed by atoms with E-state index in [1.807, 2.05) is 0 Å². The Labute approximate surface area is 104 Å². The van der Waals surface area contributed by atoms with Crippen LogP contribution in [0.3, 0.4) is 0 Å². The average Bonchev–Trinajstić information content (AvgIpc) is 2.86. The minimum Gasteiger partial charge on any atom is -0.478 e. The van der Waals surface area contributed by atoms with Crippen molar-refractivity contribution in [3.63, 3.8) is 0 Å². The molecule has 96 valence electrons. The number of aromatic nitrogens is 1. The highest BCUT2D eigenvalue weighted by Crippen LogP contribution is 2.20. The van der Waals surface area contributed by atoms with Gasteiger partial charge >= 0.3 is 5.97 Å². The van der Waals surface area contributed by atoms with E-state index in [9.17, 15) is 14.7 Å². The van der Waals surface area contributed by atoms with Crippen molar-refractivity contribution in [1.29, 1.82) is 0 Å². The minimum atomic E-state index is -1.17. The molecule has 1 aliphatic rings. The number of aliphatic hydroxyl groups is 1. The number of aromatic carboxylic acids is 1. The molecule has 6 heteroatoms. The second-order valence-electron chi connectivity index (χ2n) is 4.18. The Morgan fingerprint density at radius 2 is 2.28 bits per heavy atom. The average molecular weight is 250 g/mol. The minimum absolute atomic E-state index is 0.0645. The van der Waals surface area contributed by atoms with Gasteiger partial charge in [0.05, 0.1) is 18.2 Å². The lowest BCUT2D eigenvalue weighted by Gasteiger charge is -2.23. The number of carbonyl (C=O) groups excluding carboxylic acids is 1. The van der Waals surface area contributed by atoms with E-state index in [0.717, 1.165) is 12.8 Å². The predicted octanol–water partition coefficient (Wildman–Crippen LogP) is 0.377. The van der Waals surface area contributed by atoms with Crippen molar-refractivity contribution in [2.45, 2.75) is 18.9 Å². The van der Waals surface area contributed by atoms with E-state index in [1.165, 1.54) is 23.2 Å². The Morgan fingerprint density at radius 3 is 2.94 bits per heavy atom. The molecule has 0 aliphatic carbocycles. The SMILES string of the molecule is O=C(O)c1cccnc1C(=O)N1CCCC1CO. The highest BCUT2D eigenvalue weighted by atomic mass is 16.4. The first-order valence-corrected chi connectivity index (χ1v) is 5.75. The summed E-state index contributed by atoms with van der Waals surface area (Å²) < 4.78 is 0. The molecule has 1 atom stereocenters. The van der Waals surface area contributed by atoms with Crippen molar-refractivity contribution < 1.29 is 19.8 Å². The van der Waals surface area contributed by atoms with Crippen LogP contribution in [0, 0.1) is 0 Å². The summed E-state index contributed by atoms with van der Waals surface area (Å²) in [6, 6.07) is 2.60. The number of aliphatic hydroxyl groups excluding tert-OH is 1. The molecule has 1 amide bonds. The van der Waals surface area contributed by atoms with Gasteiger partial charge in [-0.3, -0.25) is 9.78 Å². The fourth-order valence-electron chi connectivity index (χ4n) is 2.18. The number of carbonyl (C=O) groups is 2. The van der Waals surface area contributed by atoms with E-state index in [2.05, 4.69) is 4.98 Å². The molecule has 0 saturated carbocycles. The molecule has 1 aromatic heterocycles. The molecule has 1 aromatic rings. The van der Waals surface area contributed by atoms with Crippen LogP contribution < -0.4 is 0 Å².